The zero-order valence-electron chi connectivity index (χ0n) is 13.5. The molecule has 1 atom stereocenters. The highest BCUT2D eigenvalue weighted by molar-refractivity contribution is 6.31. The zero-order valence-corrected chi connectivity index (χ0v) is 14.3. The van der Waals surface area contributed by atoms with Crippen molar-refractivity contribution in [1.29, 1.82) is 0 Å². The minimum Gasteiger partial charge on any atom is -0.383 e. The minimum atomic E-state index is 0.651. The highest BCUT2D eigenvalue weighted by Crippen LogP contribution is 2.21. The van der Waals surface area contributed by atoms with Crippen LogP contribution in [0.15, 0.2) is 24.3 Å². The summed E-state index contributed by atoms with van der Waals surface area (Å²) in [6, 6.07) is 8.21. The van der Waals surface area contributed by atoms with Gasteiger partial charge in [0.15, 0.2) is 0 Å². The van der Waals surface area contributed by atoms with Gasteiger partial charge in [0, 0.05) is 18.7 Å². The molecular weight excluding hydrogens is 282 g/mol. The molecule has 1 aromatic rings. The van der Waals surface area contributed by atoms with Crippen LogP contribution in [-0.4, -0.2) is 26.8 Å². The van der Waals surface area contributed by atoms with Crippen LogP contribution in [0, 0.1) is 5.92 Å². The van der Waals surface area contributed by atoms with Gasteiger partial charge in [-0.2, -0.15) is 0 Å². The first-order chi connectivity index (χ1) is 10.3. The summed E-state index contributed by atoms with van der Waals surface area (Å²) in [6.45, 7) is 4.99. The predicted molar refractivity (Wildman–Crippen MR) is 92.2 cm³/mol. The normalized spacial score (nSPS) is 12.5. The topological polar surface area (TPSA) is 21.3 Å². The Hall–Kier alpha value is -0.570. The first kappa shape index (κ1) is 18.5. The van der Waals surface area contributed by atoms with Gasteiger partial charge in [0.1, 0.15) is 0 Å². The third-order valence-electron chi connectivity index (χ3n) is 3.85. The van der Waals surface area contributed by atoms with E-state index in [4.69, 9.17) is 16.3 Å². The van der Waals surface area contributed by atoms with Gasteiger partial charge in [-0.05, 0) is 36.9 Å². The highest BCUT2D eigenvalue weighted by Gasteiger charge is 2.11. The van der Waals surface area contributed by atoms with Crippen LogP contribution in [0.1, 0.15) is 44.6 Å². The van der Waals surface area contributed by atoms with E-state index in [0.29, 0.717) is 5.92 Å². The summed E-state index contributed by atoms with van der Waals surface area (Å²) >= 11 is 6.30. The number of hydrogen-bond acceptors (Lipinski definition) is 2. The molecule has 1 aromatic carbocycles. The quantitative estimate of drug-likeness (QED) is 0.565. The van der Waals surface area contributed by atoms with Crippen molar-refractivity contribution in [1.82, 2.24) is 5.32 Å². The number of rotatable bonds is 12. The minimum absolute atomic E-state index is 0.651. The summed E-state index contributed by atoms with van der Waals surface area (Å²) in [5.41, 5.74) is 1.27. The molecule has 0 saturated heterocycles. The molecule has 1 N–H and O–H groups in total. The van der Waals surface area contributed by atoms with Crippen LogP contribution in [0.5, 0.6) is 0 Å². The van der Waals surface area contributed by atoms with Crippen molar-refractivity contribution in [3.05, 3.63) is 34.9 Å². The summed E-state index contributed by atoms with van der Waals surface area (Å²) in [5, 5.41) is 4.40. The van der Waals surface area contributed by atoms with E-state index >= 15 is 0 Å². The van der Waals surface area contributed by atoms with Gasteiger partial charge in [0.25, 0.3) is 0 Å². The van der Waals surface area contributed by atoms with Crippen LogP contribution >= 0.6 is 11.6 Å². The number of unbranched alkanes of at least 4 members (excludes halogenated alkanes) is 3. The summed E-state index contributed by atoms with van der Waals surface area (Å²) in [4.78, 5) is 0. The molecule has 0 saturated carbocycles. The molecule has 1 unspecified atom stereocenters. The van der Waals surface area contributed by atoms with Gasteiger partial charge in [-0.1, -0.05) is 62.4 Å². The SMILES string of the molecule is CCCCCCC(CNCCOC)Cc1ccccc1Cl. The van der Waals surface area contributed by atoms with Crippen molar-refractivity contribution in [2.24, 2.45) is 5.92 Å². The predicted octanol–water partition coefficient (Wildman–Crippen LogP) is 4.71. The van der Waals surface area contributed by atoms with Gasteiger partial charge >= 0.3 is 0 Å². The van der Waals surface area contributed by atoms with Gasteiger partial charge in [0.2, 0.25) is 0 Å². The molecule has 21 heavy (non-hydrogen) atoms. The van der Waals surface area contributed by atoms with Crippen molar-refractivity contribution in [2.45, 2.75) is 45.4 Å². The van der Waals surface area contributed by atoms with Crippen LogP contribution in [0.2, 0.25) is 5.02 Å². The van der Waals surface area contributed by atoms with Crippen LogP contribution in [0.25, 0.3) is 0 Å². The van der Waals surface area contributed by atoms with E-state index in [1.807, 2.05) is 12.1 Å². The van der Waals surface area contributed by atoms with Crippen molar-refractivity contribution < 1.29 is 4.74 Å². The molecule has 0 fully saturated rings. The molecule has 0 radical (unpaired) electrons. The maximum Gasteiger partial charge on any atom is 0.0587 e. The lowest BCUT2D eigenvalue weighted by atomic mass is 9.93. The fourth-order valence-electron chi connectivity index (χ4n) is 2.59. The maximum atomic E-state index is 6.30. The molecule has 2 nitrogen and oxygen atoms in total. The molecule has 3 heteroatoms. The second-order valence-electron chi connectivity index (χ2n) is 5.71. The molecule has 0 aromatic heterocycles. The Morgan fingerprint density at radius 3 is 2.71 bits per heavy atom. The third kappa shape index (κ3) is 8.45. The lowest BCUT2D eigenvalue weighted by Crippen LogP contribution is -2.27. The monoisotopic (exact) mass is 311 g/mol. The Morgan fingerprint density at radius 1 is 1.19 bits per heavy atom. The van der Waals surface area contributed by atoms with E-state index in [-0.39, 0.29) is 0 Å². The smallest absolute Gasteiger partial charge is 0.0587 e. The highest BCUT2D eigenvalue weighted by atomic mass is 35.5. The molecule has 0 bridgehead atoms. The Labute approximate surface area is 135 Å². The number of nitrogens with one attached hydrogen (secondary N) is 1. The molecule has 1 rings (SSSR count). The van der Waals surface area contributed by atoms with E-state index in [0.717, 1.165) is 31.1 Å². The second kappa shape index (κ2) is 12.0. The van der Waals surface area contributed by atoms with Crippen LogP contribution < -0.4 is 5.32 Å². The lowest BCUT2D eigenvalue weighted by molar-refractivity contribution is 0.197. The van der Waals surface area contributed by atoms with Gasteiger partial charge in [-0.15, -0.1) is 0 Å². The van der Waals surface area contributed by atoms with Crippen LogP contribution in [0.3, 0.4) is 0 Å². The summed E-state index contributed by atoms with van der Waals surface area (Å²) in [7, 11) is 1.74. The molecule has 0 amide bonds. The van der Waals surface area contributed by atoms with Crippen molar-refractivity contribution >= 4 is 11.6 Å². The third-order valence-corrected chi connectivity index (χ3v) is 4.22. The molecular formula is C18H30ClNO. The van der Waals surface area contributed by atoms with Crippen LogP contribution in [0.4, 0.5) is 0 Å². The van der Waals surface area contributed by atoms with Crippen molar-refractivity contribution in [3.8, 4) is 0 Å². The first-order valence-corrected chi connectivity index (χ1v) is 8.58. The fourth-order valence-corrected chi connectivity index (χ4v) is 2.80. The molecule has 0 spiro atoms. The Balaban J connectivity index is 2.44. The van der Waals surface area contributed by atoms with E-state index < -0.39 is 0 Å². The number of halogens is 1. The van der Waals surface area contributed by atoms with Gasteiger partial charge in [-0.25, -0.2) is 0 Å². The average molecular weight is 312 g/mol. The number of benzene rings is 1. The van der Waals surface area contributed by atoms with Gasteiger partial charge < -0.3 is 10.1 Å². The summed E-state index contributed by atoms with van der Waals surface area (Å²) < 4.78 is 5.09. The average Bonchev–Trinajstić information content (AvgIpc) is 2.50. The molecule has 0 aliphatic heterocycles. The van der Waals surface area contributed by atoms with Gasteiger partial charge in [0.05, 0.1) is 6.61 Å². The van der Waals surface area contributed by atoms with E-state index in [1.165, 1.54) is 37.7 Å². The molecule has 0 aliphatic carbocycles. The fraction of sp³-hybridized carbons (Fsp3) is 0.667. The van der Waals surface area contributed by atoms with E-state index in [2.05, 4.69) is 24.4 Å². The zero-order chi connectivity index (χ0) is 15.3. The molecule has 0 aliphatic rings. The molecule has 120 valence electrons. The second-order valence-corrected chi connectivity index (χ2v) is 6.12. The number of methoxy groups -OCH3 is 1. The Morgan fingerprint density at radius 2 is 2.00 bits per heavy atom. The number of hydrogen-bond donors (Lipinski definition) is 1. The Kier molecular flexibility index (Phi) is 10.6. The van der Waals surface area contributed by atoms with Crippen LogP contribution in [-0.2, 0) is 11.2 Å². The summed E-state index contributed by atoms with van der Waals surface area (Å²) in [5.74, 6) is 0.651. The number of ether oxygens (including phenoxy) is 1. The maximum absolute atomic E-state index is 6.30. The molecule has 0 heterocycles. The Bertz CT molecular complexity index is 358. The first-order valence-electron chi connectivity index (χ1n) is 8.21. The standard InChI is InChI=1S/C18H30ClNO/c1-3-4-5-6-9-16(15-20-12-13-21-2)14-17-10-7-8-11-18(17)19/h7-8,10-11,16,20H,3-6,9,12-15H2,1-2H3. The largest absolute Gasteiger partial charge is 0.383 e. The van der Waals surface area contributed by atoms with E-state index in [9.17, 15) is 0 Å². The van der Waals surface area contributed by atoms with Gasteiger partial charge in [-0.3, -0.25) is 0 Å². The van der Waals surface area contributed by atoms with Crippen molar-refractivity contribution in [2.75, 3.05) is 26.8 Å². The van der Waals surface area contributed by atoms with Crippen molar-refractivity contribution in [3.63, 3.8) is 0 Å². The summed E-state index contributed by atoms with van der Waals surface area (Å²) in [6.07, 6.45) is 7.62. The lowest BCUT2D eigenvalue weighted by Gasteiger charge is -2.18. The van der Waals surface area contributed by atoms with E-state index in [1.54, 1.807) is 7.11 Å².